The molecule has 1 fully saturated rings. The van der Waals surface area contributed by atoms with Gasteiger partial charge in [-0.25, -0.2) is 18.7 Å². The Labute approximate surface area is 161 Å². The van der Waals surface area contributed by atoms with Crippen molar-refractivity contribution in [2.45, 2.75) is 19.3 Å². The number of ketones is 1. The number of benzene rings is 1. The molecule has 0 aliphatic carbocycles. The second-order valence-electron chi connectivity index (χ2n) is 7.08. The van der Waals surface area contributed by atoms with Gasteiger partial charge in [-0.2, -0.15) is 0 Å². The van der Waals surface area contributed by atoms with Crippen LogP contribution in [0.1, 0.15) is 19.3 Å². The van der Waals surface area contributed by atoms with Crippen molar-refractivity contribution in [3.63, 3.8) is 0 Å². The zero-order chi connectivity index (χ0) is 19.5. The molecule has 2 aromatic heterocycles. The van der Waals surface area contributed by atoms with Crippen molar-refractivity contribution < 1.29 is 13.6 Å². The third kappa shape index (κ3) is 3.81. The highest BCUT2D eigenvalue weighted by molar-refractivity contribution is 5.87. The largest absolute Gasteiger partial charge is 0.373 e. The lowest BCUT2D eigenvalue weighted by Crippen LogP contribution is -2.37. The van der Waals surface area contributed by atoms with E-state index in [1.807, 2.05) is 12.3 Å². The minimum Gasteiger partial charge on any atom is -0.373 e. The number of hydrogen-bond acceptors (Lipinski definition) is 5. The number of rotatable bonds is 6. The molecule has 1 aliphatic rings. The Morgan fingerprint density at radius 1 is 1.25 bits per heavy atom. The van der Waals surface area contributed by atoms with Crippen molar-refractivity contribution in [2.75, 3.05) is 29.9 Å². The van der Waals surface area contributed by atoms with Crippen LogP contribution in [-0.4, -0.2) is 40.4 Å². The van der Waals surface area contributed by atoms with Gasteiger partial charge in [0.05, 0.1) is 11.9 Å². The molecule has 2 N–H and O–H groups in total. The van der Waals surface area contributed by atoms with E-state index >= 15 is 0 Å². The summed E-state index contributed by atoms with van der Waals surface area (Å²) in [5.41, 5.74) is 0.538. The molecule has 4 rings (SSSR count). The van der Waals surface area contributed by atoms with E-state index in [-0.39, 0.29) is 23.9 Å². The van der Waals surface area contributed by atoms with E-state index in [0.717, 1.165) is 42.8 Å². The van der Waals surface area contributed by atoms with E-state index < -0.39 is 11.6 Å². The summed E-state index contributed by atoms with van der Waals surface area (Å²) in [6, 6.07) is 5.58. The lowest BCUT2D eigenvalue weighted by molar-refractivity contribution is -0.118. The summed E-state index contributed by atoms with van der Waals surface area (Å²) in [4.78, 5) is 26.3. The van der Waals surface area contributed by atoms with E-state index in [0.29, 0.717) is 6.42 Å². The molecule has 28 heavy (non-hydrogen) atoms. The zero-order valence-corrected chi connectivity index (χ0v) is 15.3. The summed E-state index contributed by atoms with van der Waals surface area (Å²) < 4.78 is 27.3. The molecule has 0 bridgehead atoms. The molecule has 0 radical (unpaired) electrons. The van der Waals surface area contributed by atoms with Crippen LogP contribution in [0, 0.1) is 17.6 Å². The van der Waals surface area contributed by atoms with Gasteiger partial charge < -0.3 is 15.2 Å². The first-order valence-corrected chi connectivity index (χ1v) is 9.34. The third-order valence-electron chi connectivity index (χ3n) is 5.09. The van der Waals surface area contributed by atoms with Gasteiger partial charge in [-0.3, -0.25) is 4.79 Å². The fraction of sp³-hybridized carbons (Fsp3) is 0.350. The van der Waals surface area contributed by atoms with E-state index in [9.17, 15) is 13.6 Å². The van der Waals surface area contributed by atoms with E-state index in [2.05, 4.69) is 25.2 Å². The second-order valence-corrected chi connectivity index (χ2v) is 7.08. The van der Waals surface area contributed by atoms with Crippen molar-refractivity contribution >= 4 is 28.3 Å². The topological polar surface area (TPSA) is 73.9 Å². The molecular weight excluding hydrogens is 364 g/mol. The Balaban J connectivity index is 1.37. The van der Waals surface area contributed by atoms with Crippen LogP contribution in [0.15, 0.2) is 36.8 Å². The first-order valence-electron chi connectivity index (χ1n) is 9.34. The van der Waals surface area contributed by atoms with E-state index in [1.54, 1.807) is 0 Å². The number of carbonyl (C=O) groups is 1. The van der Waals surface area contributed by atoms with Crippen LogP contribution in [0.3, 0.4) is 0 Å². The molecule has 6 nitrogen and oxygen atoms in total. The van der Waals surface area contributed by atoms with Gasteiger partial charge in [0.1, 0.15) is 35.1 Å². The number of para-hydroxylation sites is 1. The maximum absolute atomic E-state index is 13.7. The molecule has 0 spiro atoms. The molecular formula is C20H21F2N5O. The number of halogens is 2. The van der Waals surface area contributed by atoms with Gasteiger partial charge in [0.15, 0.2) is 5.78 Å². The van der Waals surface area contributed by atoms with Crippen molar-refractivity contribution in [1.82, 2.24) is 15.0 Å². The standard InChI is InChI=1S/C20H21F2N5O/c21-16-4-1-5-17(22)18(16)24-10-14(28)9-13-3-2-8-27(11-13)20-15-6-7-23-19(15)25-12-26-20/h1,4-7,12-13,24H,2-3,8-11H2,(H,23,25,26)/t13-/m0/s1. The van der Waals surface area contributed by atoms with Gasteiger partial charge in [0, 0.05) is 25.7 Å². The fourth-order valence-electron chi connectivity index (χ4n) is 3.78. The lowest BCUT2D eigenvalue weighted by Gasteiger charge is -2.33. The van der Waals surface area contributed by atoms with Crippen LogP contribution in [0.25, 0.3) is 11.0 Å². The number of aromatic nitrogens is 3. The number of H-pyrrole nitrogens is 1. The molecule has 1 saturated heterocycles. The summed E-state index contributed by atoms with van der Waals surface area (Å²) in [6.45, 7) is 1.50. The highest BCUT2D eigenvalue weighted by atomic mass is 19.1. The normalized spacial score (nSPS) is 17.1. The number of hydrogen-bond donors (Lipinski definition) is 2. The first-order chi connectivity index (χ1) is 13.6. The van der Waals surface area contributed by atoms with Crippen molar-refractivity contribution in [3.05, 3.63) is 48.4 Å². The molecule has 0 amide bonds. The quantitative estimate of drug-likeness (QED) is 0.679. The molecule has 1 aliphatic heterocycles. The highest BCUT2D eigenvalue weighted by Gasteiger charge is 2.24. The summed E-state index contributed by atoms with van der Waals surface area (Å²) in [6.07, 6.45) is 5.64. The summed E-state index contributed by atoms with van der Waals surface area (Å²) in [5.74, 6) is -0.414. The predicted octanol–water partition coefficient (Wildman–Crippen LogP) is 3.52. The van der Waals surface area contributed by atoms with Gasteiger partial charge in [-0.1, -0.05) is 6.07 Å². The Hall–Kier alpha value is -3.03. The number of nitrogens with zero attached hydrogens (tertiary/aromatic N) is 3. The zero-order valence-electron chi connectivity index (χ0n) is 15.3. The van der Waals surface area contributed by atoms with Crippen LogP contribution in [0.5, 0.6) is 0 Å². The van der Waals surface area contributed by atoms with Crippen LogP contribution in [-0.2, 0) is 4.79 Å². The average Bonchev–Trinajstić information content (AvgIpc) is 3.16. The maximum Gasteiger partial charge on any atom is 0.152 e. The third-order valence-corrected chi connectivity index (χ3v) is 5.09. The highest BCUT2D eigenvalue weighted by Crippen LogP contribution is 2.28. The minimum absolute atomic E-state index is 0.0658. The van der Waals surface area contributed by atoms with Gasteiger partial charge >= 0.3 is 0 Å². The Morgan fingerprint density at radius 3 is 2.89 bits per heavy atom. The summed E-state index contributed by atoms with van der Waals surface area (Å²) >= 11 is 0. The number of aromatic amines is 1. The Bertz CT molecular complexity index is 969. The Morgan fingerprint density at radius 2 is 2.07 bits per heavy atom. The maximum atomic E-state index is 13.7. The summed E-state index contributed by atoms with van der Waals surface area (Å²) in [5, 5.41) is 3.56. The molecule has 146 valence electrons. The SMILES string of the molecule is O=C(CNc1c(F)cccc1F)C[C@@H]1CCCN(c2ncnc3[nH]ccc23)C1. The van der Waals surface area contributed by atoms with Gasteiger partial charge in [-0.15, -0.1) is 0 Å². The fourth-order valence-corrected chi connectivity index (χ4v) is 3.78. The summed E-state index contributed by atoms with van der Waals surface area (Å²) in [7, 11) is 0. The Kier molecular flexibility index (Phi) is 5.18. The molecule has 1 aromatic carbocycles. The van der Waals surface area contributed by atoms with E-state index in [1.165, 1.54) is 24.5 Å². The number of anilines is 2. The molecule has 1 atom stereocenters. The molecule has 0 saturated carbocycles. The lowest BCUT2D eigenvalue weighted by atomic mass is 9.92. The molecule has 0 unspecified atom stereocenters. The van der Waals surface area contributed by atoms with Crippen molar-refractivity contribution in [2.24, 2.45) is 5.92 Å². The van der Waals surface area contributed by atoms with Crippen molar-refractivity contribution in [1.29, 1.82) is 0 Å². The second kappa shape index (κ2) is 7.92. The van der Waals surface area contributed by atoms with Gasteiger partial charge in [0.25, 0.3) is 0 Å². The van der Waals surface area contributed by atoms with E-state index in [4.69, 9.17) is 0 Å². The number of Topliss-reactive ketones (excluding diaryl/α,β-unsaturated/α-hetero) is 1. The average molecular weight is 385 g/mol. The van der Waals surface area contributed by atoms with Gasteiger partial charge in [0.2, 0.25) is 0 Å². The van der Waals surface area contributed by atoms with Crippen LogP contribution in [0.4, 0.5) is 20.3 Å². The minimum atomic E-state index is -0.698. The molecule has 3 heterocycles. The van der Waals surface area contributed by atoms with Gasteiger partial charge in [-0.05, 0) is 37.0 Å². The number of carbonyl (C=O) groups excluding carboxylic acids is 1. The monoisotopic (exact) mass is 385 g/mol. The molecule has 8 heteroatoms. The number of nitrogens with one attached hydrogen (secondary N) is 2. The molecule has 3 aromatic rings. The smallest absolute Gasteiger partial charge is 0.152 e. The number of fused-ring (bicyclic) bond motifs is 1. The first kappa shape index (κ1) is 18.3. The van der Waals surface area contributed by atoms with Crippen LogP contribution < -0.4 is 10.2 Å². The predicted molar refractivity (Wildman–Crippen MR) is 103 cm³/mol. The van der Waals surface area contributed by atoms with Crippen LogP contribution in [0.2, 0.25) is 0 Å². The number of piperidine rings is 1. The van der Waals surface area contributed by atoms with Crippen molar-refractivity contribution in [3.8, 4) is 0 Å². The van der Waals surface area contributed by atoms with Crippen LogP contribution >= 0.6 is 0 Å².